The van der Waals surface area contributed by atoms with E-state index >= 15 is 0 Å². The van der Waals surface area contributed by atoms with Crippen LogP contribution in [0.3, 0.4) is 0 Å². The highest BCUT2D eigenvalue weighted by Crippen LogP contribution is 2.49. The molecule has 2 aromatic rings. The van der Waals surface area contributed by atoms with Crippen molar-refractivity contribution in [2.75, 3.05) is 12.4 Å². The van der Waals surface area contributed by atoms with Crippen molar-refractivity contribution in [2.45, 2.75) is 31.7 Å². The van der Waals surface area contributed by atoms with E-state index in [0.717, 1.165) is 12.8 Å². The number of methoxy groups -OCH3 is 1. The molecule has 2 aromatic carbocycles. The fourth-order valence-corrected chi connectivity index (χ4v) is 4.14. The van der Waals surface area contributed by atoms with Crippen LogP contribution in [0.5, 0.6) is 0 Å². The number of benzene rings is 2. The summed E-state index contributed by atoms with van der Waals surface area (Å²) < 4.78 is 4.79. The predicted molar refractivity (Wildman–Crippen MR) is 100.0 cm³/mol. The quantitative estimate of drug-likeness (QED) is 0.644. The first-order valence-corrected chi connectivity index (χ1v) is 8.95. The van der Waals surface area contributed by atoms with Gasteiger partial charge in [-0.15, -0.1) is 0 Å². The van der Waals surface area contributed by atoms with E-state index in [2.05, 4.69) is 42.6 Å². The molecule has 0 aromatic heterocycles. The molecule has 0 bridgehead atoms. The zero-order chi connectivity index (χ0) is 17.4. The Morgan fingerprint density at radius 2 is 2.00 bits per heavy atom. The summed E-state index contributed by atoms with van der Waals surface area (Å²) in [5.74, 6) is 0.692. The summed E-state index contributed by atoms with van der Waals surface area (Å²) in [7, 11) is 1.41. The normalized spacial score (nSPS) is 23.5. The van der Waals surface area contributed by atoms with E-state index in [1.54, 1.807) is 0 Å². The number of fused-ring (bicyclic) bond motifs is 3. The van der Waals surface area contributed by atoms with Crippen molar-refractivity contribution in [3.8, 4) is 0 Å². The summed E-state index contributed by atoms with van der Waals surface area (Å²) in [4.78, 5) is 11.7. The van der Waals surface area contributed by atoms with E-state index in [0.29, 0.717) is 17.4 Å². The Hall–Kier alpha value is -2.55. The molecule has 0 saturated carbocycles. The molecule has 128 valence electrons. The second kappa shape index (κ2) is 6.40. The minimum absolute atomic E-state index is 0.256. The Morgan fingerprint density at radius 3 is 2.72 bits per heavy atom. The summed E-state index contributed by atoms with van der Waals surface area (Å²) in [6.45, 7) is 2.20. The second-order valence-electron chi connectivity index (χ2n) is 6.86. The third-order valence-corrected chi connectivity index (χ3v) is 5.53. The van der Waals surface area contributed by atoms with Gasteiger partial charge in [0, 0.05) is 11.6 Å². The number of aryl methyl sites for hydroxylation is 1. The van der Waals surface area contributed by atoms with Crippen molar-refractivity contribution < 1.29 is 9.53 Å². The molecule has 1 heterocycles. The largest absolute Gasteiger partial charge is 0.465 e. The molecule has 2 aliphatic rings. The molecular weight excluding hydrogens is 310 g/mol. The highest BCUT2D eigenvalue weighted by molar-refractivity contribution is 5.89. The molecule has 25 heavy (non-hydrogen) atoms. The van der Waals surface area contributed by atoms with Gasteiger partial charge in [0.2, 0.25) is 0 Å². The SMILES string of the molecule is CCc1ccc2c(c1)[C@@H]1C=CC[C@@H]1[C@H](c1ccc(C(=O)OC)cc1)N2. The van der Waals surface area contributed by atoms with Crippen LogP contribution in [0.4, 0.5) is 5.69 Å². The van der Waals surface area contributed by atoms with E-state index in [4.69, 9.17) is 4.74 Å². The molecule has 0 radical (unpaired) electrons. The molecule has 0 saturated heterocycles. The topological polar surface area (TPSA) is 38.3 Å². The first-order valence-electron chi connectivity index (χ1n) is 8.95. The number of hydrogen-bond acceptors (Lipinski definition) is 3. The van der Waals surface area contributed by atoms with Gasteiger partial charge in [0.25, 0.3) is 0 Å². The van der Waals surface area contributed by atoms with Crippen LogP contribution < -0.4 is 5.32 Å². The van der Waals surface area contributed by atoms with Crippen molar-refractivity contribution >= 4 is 11.7 Å². The van der Waals surface area contributed by atoms with Gasteiger partial charge in [0.1, 0.15) is 0 Å². The molecule has 3 nitrogen and oxygen atoms in total. The Bertz CT molecular complexity index is 822. The van der Waals surface area contributed by atoms with Crippen LogP contribution in [-0.4, -0.2) is 13.1 Å². The Balaban J connectivity index is 1.68. The number of carbonyl (C=O) groups excluding carboxylic acids is 1. The van der Waals surface area contributed by atoms with Crippen molar-refractivity contribution in [3.63, 3.8) is 0 Å². The van der Waals surface area contributed by atoms with Crippen LogP contribution in [0.25, 0.3) is 0 Å². The summed E-state index contributed by atoms with van der Waals surface area (Å²) in [6, 6.07) is 14.8. The van der Waals surface area contributed by atoms with E-state index in [1.807, 2.05) is 24.3 Å². The van der Waals surface area contributed by atoms with Crippen LogP contribution in [0, 0.1) is 5.92 Å². The monoisotopic (exact) mass is 333 g/mol. The van der Waals surface area contributed by atoms with Gasteiger partial charge in [0.05, 0.1) is 18.7 Å². The number of hydrogen-bond donors (Lipinski definition) is 1. The summed E-state index contributed by atoms with van der Waals surface area (Å²) in [5, 5.41) is 3.74. The van der Waals surface area contributed by atoms with Gasteiger partial charge < -0.3 is 10.1 Å². The first kappa shape index (κ1) is 15.9. The number of rotatable bonds is 3. The van der Waals surface area contributed by atoms with Crippen molar-refractivity contribution in [1.82, 2.24) is 0 Å². The molecule has 0 fully saturated rings. The molecule has 1 aliphatic heterocycles. The van der Waals surface area contributed by atoms with Crippen molar-refractivity contribution in [2.24, 2.45) is 5.92 Å². The predicted octanol–water partition coefficient (Wildman–Crippen LogP) is 4.86. The minimum atomic E-state index is -0.291. The highest BCUT2D eigenvalue weighted by Gasteiger charge is 2.37. The Labute approximate surface area is 148 Å². The number of carbonyl (C=O) groups is 1. The van der Waals surface area contributed by atoms with Crippen LogP contribution in [0.15, 0.2) is 54.6 Å². The average Bonchev–Trinajstić information content (AvgIpc) is 3.16. The lowest BCUT2D eigenvalue weighted by Crippen LogP contribution is -2.29. The van der Waals surface area contributed by atoms with E-state index < -0.39 is 0 Å². The van der Waals surface area contributed by atoms with E-state index in [-0.39, 0.29) is 12.0 Å². The molecule has 0 spiro atoms. The molecule has 3 heteroatoms. The van der Waals surface area contributed by atoms with Gasteiger partial charge in [-0.2, -0.15) is 0 Å². The average molecular weight is 333 g/mol. The van der Waals surface area contributed by atoms with Crippen LogP contribution in [0.1, 0.15) is 52.4 Å². The van der Waals surface area contributed by atoms with E-state index in [1.165, 1.54) is 29.5 Å². The zero-order valence-corrected chi connectivity index (χ0v) is 14.7. The number of anilines is 1. The van der Waals surface area contributed by atoms with Crippen LogP contribution in [0.2, 0.25) is 0 Å². The van der Waals surface area contributed by atoms with Crippen molar-refractivity contribution in [3.05, 3.63) is 76.9 Å². The molecule has 0 unspecified atom stereocenters. The Morgan fingerprint density at radius 1 is 1.20 bits per heavy atom. The van der Waals surface area contributed by atoms with Gasteiger partial charge in [-0.3, -0.25) is 0 Å². The smallest absolute Gasteiger partial charge is 0.337 e. The molecule has 4 rings (SSSR count). The van der Waals surface area contributed by atoms with Gasteiger partial charge in [-0.1, -0.05) is 43.3 Å². The van der Waals surface area contributed by atoms with Gasteiger partial charge in [-0.25, -0.2) is 4.79 Å². The fourth-order valence-electron chi connectivity index (χ4n) is 4.14. The second-order valence-corrected chi connectivity index (χ2v) is 6.86. The third-order valence-electron chi connectivity index (χ3n) is 5.53. The summed E-state index contributed by atoms with van der Waals surface area (Å²) >= 11 is 0. The summed E-state index contributed by atoms with van der Waals surface area (Å²) in [6.07, 6.45) is 6.81. The first-order chi connectivity index (χ1) is 12.2. The number of allylic oxidation sites excluding steroid dienone is 2. The highest BCUT2D eigenvalue weighted by atomic mass is 16.5. The lowest BCUT2D eigenvalue weighted by Gasteiger charge is -2.37. The fraction of sp³-hybridized carbons (Fsp3) is 0.318. The third kappa shape index (κ3) is 2.74. The maximum absolute atomic E-state index is 11.7. The van der Waals surface area contributed by atoms with Gasteiger partial charge >= 0.3 is 5.97 Å². The lowest BCUT2D eigenvalue weighted by molar-refractivity contribution is 0.0600. The maximum Gasteiger partial charge on any atom is 0.337 e. The van der Waals surface area contributed by atoms with Crippen LogP contribution in [-0.2, 0) is 11.2 Å². The number of nitrogens with one attached hydrogen (secondary N) is 1. The van der Waals surface area contributed by atoms with Crippen molar-refractivity contribution in [1.29, 1.82) is 0 Å². The summed E-state index contributed by atoms with van der Waals surface area (Å²) in [5.41, 5.74) is 5.85. The standard InChI is InChI=1S/C22H23NO2/c1-3-14-7-12-20-19(13-14)17-5-4-6-18(17)21(23-20)15-8-10-16(11-9-15)22(24)25-2/h4-5,7-13,17-18,21,23H,3,6H2,1-2H3/t17-,18+,21+/m1/s1. The maximum atomic E-state index is 11.7. The Kier molecular flexibility index (Phi) is 4.08. The molecular formula is C22H23NO2. The van der Waals surface area contributed by atoms with Gasteiger partial charge in [0.15, 0.2) is 0 Å². The van der Waals surface area contributed by atoms with E-state index in [9.17, 15) is 4.79 Å². The zero-order valence-electron chi connectivity index (χ0n) is 14.7. The number of esters is 1. The molecule has 1 aliphatic carbocycles. The number of ether oxygens (including phenoxy) is 1. The molecule has 0 amide bonds. The van der Waals surface area contributed by atoms with Gasteiger partial charge in [-0.05, 0) is 53.6 Å². The molecule has 1 N–H and O–H groups in total. The van der Waals surface area contributed by atoms with Crippen LogP contribution >= 0.6 is 0 Å². The molecule has 3 atom stereocenters. The minimum Gasteiger partial charge on any atom is -0.465 e. The lowest BCUT2D eigenvalue weighted by atomic mass is 9.76.